The van der Waals surface area contributed by atoms with Crippen LogP contribution < -0.4 is 5.32 Å². The predicted molar refractivity (Wildman–Crippen MR) is 79.5 cm³/mol. The Balaban J connectivity index is 2.76. The number of hydrogen-bond donors (Lipinski definition) is 1. The van der Waals surface area contributed by atoms with Crippen LogP contribution in [0.2, 0.25) is 9.36 Å². The van der Waals surface area contributed by atoms with Crippen molar-refractivity contribution in [2.75, 3.05) is 0 Å². The van der Waals surface area contributed by atoms with Crippen molar-refractivity contribution in [2.45, 2.75) is 45.8 Å². The van der Waals surface area contributed by atoms with E-state index in [2.05, 4.69) is 9.69 Å². The normalized spacial score (nSPS) is 12.9. The lowest BCUT2D eigenvalue weighted by atomic mass is 10.1. The molecule has 1 aromatic rings. The van der Waals surface area contributed by atoms with E-state index < -0.39 is 17.6 Å². The SMILES string of the molecule is CC[C@H](OC(=O)c1nsc(Cl)c1Cl)C(=O)NC(C)(C)C. The lowest BCUT2D eigenvalue weighted by molar-refractivity contribution is -0.131. The van der Waals surface area contributed by atoms with Crippen LogP contribution in [0.15, 0.2) is 0 Å². The van der Waals surface area contributed by atoms with Gasteiger partial charge in [0.1, 0.15) is 9.36 Å². The first-order valence-electron chi connectivity index (χ1n) is 5.99. The first kappa shape index (κ1) is 17.2. The second-order valence-corrected chi connectivity index (χ2v) is 6.91. The number of nitrogens with zero attached hydrogens (tertiary/aromatic N) is 1. The second kappa shape index (κ2) is 6.74. The molecule has 1 atom stereocenters. The number of esters is 1. The molecular weight excluding hydrogens is 323 g/mol. The maximum Gasteiger partial charge on any atom is 0.360 e. The Hall–Kier alpha value is -0.850. The van der Waals surface area contributed by atoms with E-state index >= 15 is 0 Å². The highest BCUT2D eigenvalue weighted by Crippen LogP contribution is 2.30. The van der Waals surface area contributed by atoms with Gasteiger partial charge in [0.05, 0.1) is 0 Å². The largest absolute Gasteiger partial charge is 0.447 e. The number of halogens is 2. The molecule has 1 aromatic heterocycles. The van der Waals surface area contributed by atoms with Gasteiger partial charge in [0.25, 0.3) is 5.91 Å². The van der Waals surface area contributed by atoms with E-state index in [4.69, 9.17) is 27.9 Å². The Morgan fingerprint density at radius 3 is 2.40 bits per heavy atom. The molecule has 0 aliphatic rings. The number of carbonyl (C=O) groups excluding carboxylic acids is 2. The van der Waals surface area contributed by atoms with E-state index in [-0.39, 0.29) is 21.0 Å². The van der Waals surface area contributed by atoms with Crippen LogP contribution in [-0.2, 0) is 9.53 Å². The average molecular weight is 339 g/mol. The summed E-state index contributed by atoms with van der Waals surface area (Å²) in [7, 11) is 0. The maximum absolute atomic E-state index is 12.0. The Kier molecular flexibility index (Phi) is 5.79. The highest BCUT2D eigenvalue weighted by molar-refractivity contribution is 7.11. The van der Waals surface area contributed by atoms with E-state index in [1.807, 2.05) is 20.8 Å². The average Bonchev–Trinajstić information content (AvgIpc) is 2.64. The fourth-order valence-electron chi connectivity index (χ4n) is 1.34. The molecule has 0 aliphatic heterocycles. The van der Waals surface area contributed by atoms with Crippen molar-refractivity contribution in [1.82, 2.24) is 9.69 Å². The van der Waals surface area contributed by atoms with Crippen LogP contribution in [0, 0.1) is 0 Å². The summed E-state index contributed by atoms with van der Waals surface area (Å²) in [5.41, 5.74) is -0.470. The summed E-state index contributed by atoms with van der Waals surface area (Å²) in [5.74, 6) is -1.11. The van der Waals surface area contributed by atoms with Gasteiger partial charge in [-0.05, 0) is 38.7 Å². The number of ether oxygens (including phenoxy) is 1. The Bertz CT molecular complexity index is 511. The van der Waals surface area contributed by atoms with Crippen molar-refractivity contribution in [3.63, 3.8) is 0 Å². The molecule has 0 bridgehead atoms. The van der Waals surface area contributed by atoms with Crippen molar-refractivity contribution in [2.24, 2.45) is 0 Å². The Labute approximate surface area is 131 Å². The third kappa shape index (κ3) is 4.61. The molecular formula is C12H16Cl2N2O3S. The summed E-state index contributed by atoms with van der Waals surface area (Å²) in [6, 6.07) is 0. The zero-order chi connectivity index (χ0) is 15.5. The second-order valence-electron chi connectivity index (χ2n) is 5.16. The van der Waals surface area contributed by atoms with Gasteiger partial charge in [0.2, 0.25) is 0 Å². The summed E-state index contributed by atoms with van der Waals surface area (Å²) in [5, 5.41) is 2.80. The number of hydrogen-bond acceptors (Lipinski definition) is 5. The van der Waals surface area contributed by atoms with Gasteiger partial charge in [-0.1, -0.05) is 30.1 Å². The predicted octanol–water partition coefficient (Wildman–Crippen LogP) is 3.30. The zero-order valence-electron chi connectivity index (χ0n) is 11.6. The fraction of sp³-hybridized carbons (Fsp3) is 0.583. The molecule has 0 aliphatic carbocycles. The van der Waals surface area contributed by atoms with Crippen molar-refractivity contribution in [3.8, 4) is 0 Å². The van der Waals surface area contributed by atoms with Gasteiger partial charge in [-0.3, -0.25) is 4.79 Å². The molecule has 5 nitrogen and oxygen atoms in total. The molecule has 1 heterocycles. The molecule has 1 amide bonds. The molecule has 0 fully saturated rings. The molecule has 1 N–H and O–H groups in total. The lowest BCUT2D eigenvalue weighted by Crippen LogP contribution is -2.47. The summed E-state index contributed by atoms with van der Waals surface area (Å²) >= 11 is 12.5. The van der Waals surface area contributed by atoms with Crippen molar-refractivity contribution >= 4 is 46.6 Å². The Morgan fingerprint density at radius 1 is 1.40 bits per heavy atom. The summed E-state index contributed by atoms with van der Waals surface area (Å²) in [4.78, 5) is 23.9. The first-order chi connectivity index (χ1) is 9.15. The number of nitrogens with one attached hydrogen (secondary N) is 1. The van der Waals surface area contributed by atoms with Gasteiger partial charge in [-0.15, -0.1) is 0 Å². The molecule has 20 heavy (non-hydrogen) atoms. The standard InChI is InChI=1S/C12H16Cl2N2O3S/c1-5-6(10(17)15-12(2,3)4)19-11(18)8-7(13)9(14)20-16-8/h6H,5H2,1-4H3,(H,15,17)/t6-/m0/s1. The van der Waals surface area contributed by atoms with E-state index in [9.17, 15) is 9.59 Å². The minimum atomic E-state index is -0.890. The van der Waals surface area contributed by atoms with E-state index in [1.165, 1.54) is 0 Å². The highest BCUT2D eigenvalue weighted by Gasteiger charge is 2.27. The third-order valence-corrected chi connectivity index (χ3v) is 3.81. The molecule has 112 valence electrons. The van der Waals surface area contributed by atoms with Crippen LogP contribution in [0.3, 0.4) is 0 Å². The number of carbonyl (C=O) groups is 2. The molecule has 0 unspecified atom stereocenters. The van der Waals surface area contributed by atoms with E-state index in [0.717, 1.165) is 11.5 Å². The van der Waals surface area contributed by atoms with Gasteiger partial charge in [0.15, 0.2) is 11.8 Å². The molecule has 0 spiro atoms. The van der Waals surface area contributed by atoms with Crippen LogP contribution >= 0.6 is 34.7 Å². The molecule has 8 heteroatoms. The van der Waals surface area contributed by atoms with Crippen LogP contribution in [0.4, 0.5) is 0 Å². The minimum absolute atomic E-state index is 0.0488. The minimum Gasteiger partial charge on any atom is -0.447 e. The zero-order valence-corrected chi connectivity index (χ0v) is 13.9. The van der Waals surface area contributed by atoms with Gasteiger partial charge < -0.3 is 10.1 Å². The maximum atomic E-state index is 12.0. The van der Waals surface area contributed by atoms with Crippen LogP contribution in [0.25, 0.3) is 0 Å². The number of aromatic nitrogens is 1. The van der Waals surface area contributed by atoms with Gasteiger partial charge in [-0.2, -0.15) is 4.37 Å². The summed E-state index contributed by atoms with van der Waals surface area (Å²) in [6.07, 6.45) is -0.540. The van der Waals surface area contributed by atoms with Gasteiger partial charge in [-0.25, -0.2) is 4.79 Å². The molecule has 1 rings (SSSR count). The van der Waals surface area contributed by atoms with Gasteiger partial charge >= 0.3 is 5.97 Å². The quantitative estimate of drug-likeness (QED) is 0.855. The monoisotopic (exact) mass is 338 g/mol. The molecule has 0 saturated heterocycles. The molecule has 0 radical (unpaired) electrons. The highest BCUT2D eigenvalue weighted by atomic mass is 35.5. The summed E-state index contributed by atoms with van der Waals surface area (Å²) < 4.78 is 9.16. The first-order valence-corrected chi connectivity index (χ1v) is 7.52. The fourth-order valence-corrected chi connectivity index (χ4v) is 2.32. The Morgan fingerprint density at radius 2 is 2.00 bits per heavy atom. The van der Waals surface area contributed by atoms with Crippen LogP contribution in [-0.4, -0.2) is 27.9 Å². The van der Waals surface area contributed by atoms with Gasteiger partial charge in [0, 0.05) is 5.54 Å². The topological polar surface area (TPSA) is 68.3 Å². The summed E-state index contributed by atoms with van der Waals surface area (Å²) in [6.45, 7) is 7.28. The van der Waals surface area contributed by atoms with Crippen LogP contribution in [0.5, 0.6) is 0 Å². The van der Waals surface area contributed by atoms with Crippen molar-refractivity contribution in [3.05, 3.63) is 15.1 Å². The smallest absolute Gasteiger partial charge is 0.360 e. The lowest BCUT2D eigenvalue weighted by Gasteiger charge is -2.24. The van der Waals surface area contributed by atoms with Crippen molar-refractivity contribution in [1.29, 1.82) is 0 Å². The number of rotatable bonds is 4. The van der Waals surface area contributed by atoms with E-state index in [1.54, 1.807) is 6.92 Å². The van der Waals surface area contributed by atoms with Crippen LogP contribution in [0.1, 0.15) is 44.6 Å². The van der Waals surface area contributed by atoms with Crippen molar-refractivity contribution < 1.29 is 14.3 Å². The molecule has 0 aromatic carbocycles. The third-order valence-electron chi connectivity index (χ3n) is 2.20. The molecule has 0 saturated carbocycles. The number of amides is 1. The van der Waals surface area contributed by atoms with E-state index in [0.29, 0.717) is 6.42 Å².